The van der Waals surface area contributed by atoms with Gasteiger partial charge in [-0.25, -0.2) is 4.79 Å². The van der Waals surface area contributed by atoms with Crippen LogP contribution >= 0.6 is 27.3 Å². The summed E-state index contributed by atoms with van der Waals surface area (Å²) in [6.07, 6.45) is 0. The first kappa shape index (κ1) is 20.0. The van der Waals surface area contributed by atoms with Crippen LogP contribution in [-0.2, 0) is 9.53 Å². The molecule has 1 unspecified atom stereocenters. The van der Waals surface area contributed by atoms with Gasteiger partial charge in [-0.15, -0.1) is 11.3 Å². The maximum absolute atomic E-state index is 12.2. The van der Waals surface area contributed by atoms with E-state index < -0.39 is 23.4 Å². The van der Waals surface area contributed by atoms with Gasteiger partial charge in [0.25, 0.3) is 11.6 Å². The van der Waals surface area contributed by atoms with E-state index in [2.05, 4.69) is 21.2 Å². The number of benzene rings is 2. The summed E-state index contributed by atoms with van der Waals surface area (Å²) in [5, 5.41) is 14.2. The molecule has 2 aromatic carbocycles. The molecule has 9 heteroatoms. The average Bonchev–Trinajstić information content (AvgIpc) is 3.10. The molecule has 7 nitrogen and oxygen atoms in total. The third-order valence-corrected chi connectivity index (χ3v) is 5.62. The van der Waals surface area contributed by atoms with Crippen molar-refractivity contribution in [3.63, 3.8) is 0 Å². The van der Waals surface area contributed by atoms with Gasteiger partial charge in [0, 0.05) is 26.7 Å². The van der Waals surface area contributed by atoms with E-state index in [9.17, 15) is 19.7 Å². The van der Waals surface area contributed by atoms with Gasteiger partial charge in [0.2, 0.25) is 0 Å². The summed E-state index contributed by atoms with van der Waals surface area (Å²) in [4.78, 5) is 34.9. The zero-order valence-corrected chi connectivity index (χ0v) is 17.1. The lowest BCUT2D eigenvalue weighted by Gasteiger charge is -2.14. The summed E-state index contributed by atoms with van der Waals surface area (Å²) in [5.74, 6) is -1.06. The topological polar surface area (TPSA) is 98.5 Å². The second kappa shape index (κ2) is 8.49. The number of halogens is 1. The van der Waals surface area contributed by atoms with Crippen molar-refractivity contribution in [2.75, 3.05) is 6.61 Å². The molecule has 1 amide bonds. The molecule has 0 radical (unpaired) electrons. The first-order valence-electron chi connectivity index (χ1n) is 8.23. The molecule has 1 aromatic heterocycles. The molecule has 28 heavy (non-hydrogen) atoms. The summed E-state index contributed by atoms with van der Waals surface area (Å²) in [5.41, 5.74) is 0.875. The smallest absolute Gasteiger partial charge is 0.348 e. The Morgan fingerprint density at radius 2 is 1.93 bits per heavy atom. The number of carbonyl (C=O) groups excluding carboxylic acids is 2. The van der Waals surface area contributed by atoms with Gasteiger partial charge in [-0.05, 0) is 36.8 Å². The number of hydrogen-bond acceptors (Lipinski definition) is 6. The minimum atomic E-state index is -0.643. The highest BCUT2D eigenvalue weighted by atomic mass is 79.9. The monoisotopic (exact) mass is 462 g/mol. The lowest BCUT2D eigenvalue weighted by molar-refractivity contribution is -0.384. The summed E-state index contributed by atoms with van der Waals surface area (Å²) in [6.45, 7) is 1.43. The van der Waals surface area contributed by atoms with Gasteiger partial charge in [0.1, 0.15) is 4.88 Å². The van der Waals surface area contributed by atoms with Crippen molar-refractivity contribution < 1.29 is 19.2 Å². The first-order valence-corrected chi connectivity index (χ1v) is 9.84. The molecule has 1 heterocycles. The van der Waals surface area contributed by atoms with Crippen LogP contribution < -0.4 is 5.32 Å². The number of thiophene rings is 1. The van der Waals surface area contributed by atoms with Gasteiger partial charge in [-0.2, -0.15) is 0 Å². The molecule has 0 saturated heterocycles. The Morgan fingerprint density at radius 1 is 1.21 bits per heavy atom. The van der Waals surface area contributed by atoms with Crippen LogP contribution in [0.2, 0.25) is 0 Å². The number of non-ortho nitro benzene ring substituents is 1. The van der Waals surface area contributed by atoms with Crippen LogP contribution in [0, 0.1) is 10.1 Å². The van der Waals surface area contributed by atoms with Crippen molar-refractivity contribution in [3.8, 4) is 0 Å². The fourth-order valence-electron chi connectivity index (χ4n) is 2.57. The lowest BCUT2D eigenvalue weighted by Crippen LogP contribution is -2.31. The number of esters is 1. The lowest BCUT2D eigenvalue weighted by atomic mass is 10.1. The fraction of sp³-hybridized carbons (Fsp3) is 0.158. The van der Waals surface area contributed by atoms with E-state index in [1.165, 1.54) is 18.2 Å². The zero-order chi connectivity index (χ0) is 20.3. The molecule has 3 rings (SSSR count). The van der Waals surface area contributed by atoms with Crippen LogP contribution in [0.4, 0.5) is 5.69 Å². The number of nitrogens with one attached hydrogen (secondary N) is 1. The summed E-state index contributed by atoms with van der Waals surface area (Å²) < 4.78 is 6.74. The third-order valence-electron chi connectivity index (χ3n) is 3.99. The molecular formula is C19H15BrN2O5S. The third kappa shape index (κ3) is 4.73. The number of hydrogen-bond donors (Lipinski definition) is 1. The van der Waals surface area contributed by atoms with E-state index in [0.29, 0.717) is 5.39 Å². The minimum absolute atomic E-state index is 0.0495. The van der Waals surface area contributed by atoms with Crippen LogP contribution in [0.5, 0.6) is 0 Å². The molecule has 144 valence electrons. The van der Waals surface area contributed by atoms with Gasteiger partial charge in [-0.1, -0.05) is 28.1 Å². The van der Waals surface area contributed by atoms with E-state index in [0.717, 1.165) is 26.1 Å². The van der Waals surface area contributed by atoms with Crippen molar-refractivity contribution in [1.82, 2.24) is 5.32 Å². The summed E-state index contributed by atoms with van der Waals surface area (Å²) in [6, 6.07) is 13.2. The van der Waals surface area contributed by atoms with Gasteiger partial charge in [0.05, 0.1) is 11.0 Å². The Balaban J connectivity index is 1.58. The van der Waals surface area contributed by atoms with Crippen LogP contribution in [0.1, 0.15) is 28.2 Å². The first-order chi connectivity index (χ1) is 13.3. The molecule has 0 aliphatic carbocycles. The average molecular weight is 463 g/mol. The Labute approximate surface area is 172 Å². The molecule has 0 fully saturated rings. The number of fused-ring (bicyclic) bond motifs is 1. The standard InChI is InChI=1S/C19H15BrN2O5S/c1-11(12-2-4-14(20)5-3-12)21-18(23)10-27-19(24)17-9-13-8-15(22(25)26)6-7-16(13)28-17/h2-9,11H,10H2,1H3,(H,21,23). The number of nitrogens with zero attached hydrogens (tertiary/aromatic N) is 1. The highest BCUT2D eigenvalue weighted by molar-refractivity contribution is 9.10. The summed E-state index contributed by atoms with van der Waals surface area (Å²) in [7, 11) is 0. The van der Waals surface area contributed by atoms with Gasteiger partial charge < -0.3 is 10.1 Å². The number of amides is 1. The minimum Gasteiger partial charge on any atom is -0.451 e. The van der Waals surface area contributed by atoms with Gasteiger partial charge in [-0.3, -0.25) is 14.9 Å². The number of rotatable bonds is 6. The Morgan fingerprint density at radius 3 is 2.61 bits per heavy atom. The van der Waals surface area contributed by atoms with Gasteiger partial charge >= 0.3 is 5.97 Å². The molecule has 3 aromatic rings. The highest BCUT2D eigenvalue weighted by Crippen LogP contribution is 2.29. The predicted octanol–water partition coefficient (Wildman–Crippen LogP) is 4.61. The second-order valence-electron chi connectivity index (χ2n) is 6.01. The number of carbonyl (C=O) groups is 2. The number of nitro benzene ring substituents is 1. The van der Waals surface area contributed by atoms with E-state index in [4.69, 9.17) is 4.74 Å². The molecule has 0 aliphatic rings. The second-order valence-corrected chi connectivity index (χ2v) is 8.01. The largest absolute Gasteiger partial charge is 0.451 e. The van der Waals surface area contributed by atoms with Crippen molar-refractivity contribution in [3.05, 3.63) is 73.6 Å². The van der Waals surface area contributed by atoms with Crippen molar-refractivity contribution in [2.45, 2.75) is 13.0 Å². The molecule has 0 saturated carbocycles. The molecule has 0 aliphatic heterocycles. The maximum atomic E-state index is 12.2. The molecule has 1 atom stereocenters. The Bertz CT molecular complexity index is 1050. The Hall–Kier alpha value is -2.78. The van der Waals surface area contributed by atoms with Crippen molar-refractivity contribution in [2.24, 2.45) is 0 Å². The van der Waals surface area contributed by atoms with E-state index in [1.54, 1.807) is 6.07 Å². The maximum Gasteiger partial charge on any atom is 0.348 e. The quantitative estimate of drug-likeness (QED) is 0.327. The van der Waals surface area contributed by atoms with Crippen molar-refractivity contribution in [1.29, 1.82) is 0 Å². The van der Waals surface area contributed by atoms with Crippen LogP contribution in [0.15, 0.2) is 53.0 Å². The molecule has 1 N–H and O–H groups in total. The summed E-state index contributed by atoms with van der Waals surface area (Å²) >= 11 is 4.51. The molecule has 0 bridgehead atoms. The fourth-order valence-corrected chi connectivity index (χ4v) is 3.77. The number of nitro groups is 1. The molecular weight excluding hydrogens is 448 g/mol. The van der Waals surface area contributed by atoms with Crippen molar-refractivity contribution >= 4 is 54.9 Å². The van der Waals surface area contributed by atoms with Crippen LogP contribution in [-0.4, -0.2) is 23.4 Å². The zero-order valence-electron chi connectivity index (χ0n) is 14.7. The number of ether oxygens (including phenoxy) is 1. The van der Waals surface area contributed by atoms with E-state index in [-0.39, 0.29) is 16.6 Å². The normalized spacial score (nSPS) is 11.8. The SMILES string of the molecule is CC(NC(=O)COC(=O)c1cc2cc([N+](=O)[O-])ccc2s1)c1ccc(Br)cc1. The van der Waals surface area contributed by atoms with E-state index in [1.807, 2.05) is 31.2 Å². The highest BCUT2D eigenvalue weighted by Gasteiger charge is 2.16. The predicted molar refractivity (Wildman–Crippen MR) is 109 cm³/mol. The molecule has 0 spiro atoms. The van der Waals surface area contributed by atoms with Crippen LogP contribution in [0.3, 0.4) is 0 Å². The Kier molecular flexibility index (Phi) is 6.05. The van der Waals surface area contributed by atoms with E-state index >= 15 is 0 Å². The van der Waals surface area contributed by atoms with Crippen LogP contribution in [0.25, 0.3) is 10.1 Å². The van der Waals surface area contributed by atoms with Gasteiger partial charge in [0.15, 0.2) is 6.61 Å².